The molecule has 4 nitrogen and oxygen atoms in total. The Kier molecular flexibility index (Phi) is 19.8. The number of anilines is 6. The molecular formula is C122H139BN4. The van der Waals surface area contributed by atoms with Crippen molar-refractivity contribution in [2.24, 2.45) is 43.3 Å². The Hall–Kier alpha value is -10.9. The van der Waals surface area contributed by atoms with E-state index in [9.17, 15) is 11.0 Å². The largest absolute Gasteiger partial charge is 0.311 e. The number of benzene rings is 13. The monoisotopic (exact) mass is 1680 g/mol. The third-order valence-corrected chi connectivity index (χ3v) is 25.1. The van der Waals surface area contributed by atoms with Crippen molar-refractivity contribution in [3.63, 3.8) is 0 Å². The minimum Gasteiger partial charge on any atom is -0.311 e. The van der Waals surface area contributed by atoms with Crippen LogP contribution in [0.4, 0.5) is 34.1 Å². The molecular weight excluding hydrogens is 1530 g/mol. The molecule has 2 aliphatic rings. The van der Waals surface area contributed by atoms with Gasteiger partial charge in [0.15, 0.2) is 0 Å². The summed E-state index contributed by atoms with van der Waals surface area (Å²) < 4.78 is 82.8. The highest BCUT2D eigenvalue weighted by molar-refractivity contribution is 7.00. The fraction of sp³-hybridized carbons (Fsp3) is 0.361. The lowest BCUT2D eigenvalue weighted by atomic mass is 9.33. The standard InChI is InChI=1S/C122H139BN4/c1-114(2,3)70-78-36-32-40-84(56-78)95-68-107(97(62-88(95)76-120(19,20)21)86-42-34-38-80(58-86)72-116(7,8)9)126-109-66-91(124-103-46-30-28-44-93(103)99-60-82(48-54-105(99)124)74-118(13,14)15)50-52-101(109)123-102-53-51-92(125-104-47-31-29-45-94(104)100-61-83(49-55-106(100)125)75-119(16,17)18)67-110(102)127(112-65-90(122(25,26)27)64-111(126)113(112)123)108-69-96(85-41-33-37-79(57-85)71-115(4,5)6)89(77-121(22,23)24)63-98(108)87-43-35-39-81(59-87)73-117(10,11)12/h28-69H,70-77H2,1-27H3/i28D,29D,30D,31D,44D,45D,46D,47D. The second-order valence-corrected chi connectivity index (χ2v) is 48.3. The number of hydrogen-bond acceptors (Lipinski definition) is 2. The van der Waals surface area contributed by atoms with E-state index >= 15 is 0 Å². The van der Waals surface area contributed by atoms with Gasteiger partial charge in [0, 0.05) is 66.8 Å². The molecule has 0 unspecified atom stereocenters. The SMILES string of the molecule is [2H]c1c([2H])c([2H])c2c(c1[2H])c1cc(CC(C)(C)C)ccc1n2-c1ccc2c(c1)N(c1cc(-c3cccc(CC(C)(C)C)c3)c(CC(C)(C)C)cc1-c1cccc(CC(C)(C)C)c1)c1cc(C(C)(C)C)cc3c1B2c1ccc(-n2c4ccc(CC(C)(C)C)cc4c4c([2H])c([2H])c([2H])c([2H])c42)cc1N3c1cc(-c2cccc(CC(C)(C)C)c2)c(CC(C)(C)C)cc1-c1cccc(CC(C)(C)C)c1. The molecule has 0 radical (unpaired) electrons. The van der Waals surface area contributed by atoms with Crippen molar-refractivity contribution in [2.45, 2.75) is 244 Å². The van der Waals surface area contributed by atoms with Gasteiger partial charge in [-0.05, 0) is 297 Å². The zero-order valence-corrected chi connectivity index (χ0v) is 81.2. The molecule has 0 spiro atoms. The maximum atomic E-state index is 10.2. The van der Waals surface area contributed by atoms with Crippen LogP contribution < -0.4 is 26.2 Å². The van der Waals surface area contributed by atoms with E-state index < -0.39 is 12.1 Å². The Morgan fingerprint density at radius 3 is 0.874 bits per heavy atom. The molecule has 5 heteroatoms. The van der Waals surface area contributed by atoms with Crippen molar-refractivity contribution in [1.29, 1.82) is 0 Å². The Labute approximate surface area is 773 Å². The van der Waals surface area contributed by atoms with Crippen LogP contribution in [-0.2, 0) is 56.8 Å². The molecule has 2 aromatic heterocycles. The van der Waals surface area contributed by atoms with Gasteiger partial charge in [-0.1, -0.05) is 345 Å². The zero-order chi connectivity index (χ0) is 97.5. The van der Waals surface area contributed by atoms with Gasteiger partial charge < -0.3 is 18.9 Å². The lowest BCUT2D eigenvalue weighted by molar-refractivity contribution is 0.410. The molecule has 2 aliphatic heterocycles. The van der Waals surface area contributed by atoms with E-state index in [1.165, 1.54) is 33.4 Å². The van der Waals surface area contributed by atoms with E-state index in [0.717, 1.165) is 196 Å². The topological polar surface area (TPSA) is 16.3 Å². The molecule has 4 heterocycles. The van der Waals surface area contributed by atoms with E-state index in [1.807, 2.05) is 0 Å². The molecule has 13 aromatic carbocycles. The van der Waals surface area contributed by atoms with Crippen molar-refractivity contribution < 1.29 is 11.0 Å². The van der Waals surface area contributed by atoms with Crippen LogP contribution in [0, 0.1) is 43.3 Å². The number of rotatable bonds is 16. The first-order chi connectivity index (χ1) is 62.8. The van der Waals surface area contributed by atoms with E-state index in [-0.39, 0.29) is 91.7 Å². The minimum atomic E-state index is -0.519. The maximum absolute atomic E-state index is 10.2. The Morgan fingerprint density at radius 2 is 0.559 bits per heavy atom. The second-order valence-electron chi connectivity index (χ2n) is 48.3. The van der Waals surface area contributed by atoms with E-state index in [0.29, 0.717) is 21.8 Å². The van der Waals surface area contributed by atoms with E-state index in [2.05, 4.69) is 412 Å². The first kappa shape index (κ1) is 78.4. The summed E-state index contributed by atoms with van der Waals surface area (Å²) in [7, 11) is 0. The Morgan fingerprint density at radius 1 is 0.252 bits per heavy atom. The molecule has 0 atom stereocenters. The molecule has 17 rings (SSSR count). The number of nitrogens with zero attached hydrogens (tertiary/aromatic N) is 4. The maximum Gasteiger partial charge on any atom is 0.252 e. The molecule has 0 N–H and O–H groups in total. The van der Waals surface area contributed by atoms with Gasteiger partial charge in [-0.25, -0.2) is 0 Å². The van der Waals surface area contributed by atoms with Gasteiger partial charge in [0.2, 0.25) is 0 Å². The highest BCUT2D eigenvalue weighted by atomic mass is 15.2. The summed E-state index contributed by atoms with van der Waals surface area (Å²) in [5, 5.41) is 2.48. The minimum absolute atomic E-state index is 0.000720. The van der Waals surface area contributed by atoms with Crippen LogP contribution >= 0.6 is 0 Å². The summed E-state index contributed by atoms with van der Waals surface area (Å²) in [5.41, 5.74) is 31.3. The van der Waals surface area contributed by atoms with Gasteiger partial charge in [-0.2, -0.15) is 0 Å². The van der Waals surface area contributed by atoms with Crippen LogP contribution in [0.5, 0.6) is 0 Å². The van der Waals surface area contributed by atoms with Gasteiger partial charge in [-0.15, -0.1) is 0 Å². The van der Waals surface area contributed by atoms with Crippen molar-refractivity contribution >= 4 is 101 Å². The van der Waals surface area contributed by atoms with Gasteiger partial charge in [0.05, 0.1) is 44.4 Å². The number of fused-ring (bicyclic) bond motifs is 10. The molecule has 650 valence electrons. The smallest absolute Gasteiger partial charge is 0.252 e. The van der Waals surface area contributed by atoms with Crippen LogP contribution in [0.3, 0.4) is 0 Å². The van der Waals surface area contributed by atoms with Crippen molar-refractivity contribution in [3.05, 3.63) is 305 Å². The van der Waals surface area contributed by atoms with Crippen molar-refractivity contribution in [3.8, 4) is 55.9 Å². The molecule has 15 aromatic rings. The average Bonchev–Trinajstić information content (AvgIpc) is 1.27. The van der Waals surface area contributed by atoms with Crippen LogP contribution in [0.15, 0.2) is 255 Å². The normalized spacial score (nSPS) is 14.6. The van der Waals surface area contributed by atoms with Crippen LogP contribution in [0.2, 0.25) is 0 Å². The number of para-hydroxylation sites is 2. The molecule has 127 heavy (non-hydrogen) atoms. The first-order valence-electron chi connectivity index (χ1n) is 50.7. The molecule has 0 amide bonds. The molecule has 0 aliphatic carbocycles. The fourth-order valence-corrected chi connectivity index (χ4v) is 20.6. The third kappa shape index (κ3) is 18.6. The summed E-state index contributed by atoms with van der Waals surface area (Å²) in [6, 6.07) is 77.6. The molecule has 0 saturated heterocycles. The summed E-state index contributed by atoms with van der Waals surface area (Å²) in [6.45, 7) is 62.0. The molecule has 0 fully saturated rings. The van der Waals surface area contributed by atoms with Crippen LogP contribution in [0.1, 0.15) is 248 Å². The van der Waals surface area contributed by atoms with Crippen molar-refractivity contribution in [1.82, 2.24) is 9.13 Å². The summed E-state index contributed by atoms with van der Waals surface area (Å²) in [6.07, 6.45) is 6.51. The summed E-state index contributed by atoms with van der Waals surface area (Å²) in [4.78, 5) is 5.24. The predicted molar refractivity (Wildman–Crippen MR) is 555 cm³/mol. The van der Waals surface area contributed by atoms with Gasteiger partial charge in [-0.3, -0.25) is 0 Å². The zero-order valence-electron chi connectivity index (χ0n) is 89.2. The fourth-order valence-electron chi connectivity index (χ4n) is 20.6. The lowest BCUT2D eigenvalue weighted by Gasteiger charge is -2.46. The van der Waals surface area contributed by atoms with Crippen molar-refractivity contribution in [2.75, 3.05) is 9.80 Å². The van der Waals surface area contributed by atoms with Crippen LogP contribution in [-0.4, -0.2) is 15.8 Å². The number of hydrogen-bond donors (Lipinski definition) is 0. The van der Waals surface area contributed by atoms with E-state index in [1.54, 1.807) is 0 Å². The molecule has 0 bridgehead atoms. The Balaban J connectivity index is 1.09. The Bertz CT molecular complexity index is 6870. The lowest BCUT2D eigenvalue weighted by Crippen LogP contribution is -2.61. The van der Waals surface area contributed by atoms with Crippen LogP contribution in [0.25, 0.3) is 99.5 Å². The summed E-state index contributed by atoms with van der Waals surface area (Å²) in [5.74, 6) is 0. The molecule has 0 saturated carbocycles. The highest BCUT2D eigenvalue weighted by Gasteiger charge is 2.46. The average molecular weight is 1680 g/mol. The van der Waals surface area contributed by atoms with E-state index in [4.69, 9.17) is 0 Å². The van der Waals surface area contributed by atoms with Gasteiger partial charge in [0.25, 0.3) is 6.71 Å². The summed E-state index contributed by atoms with van der Waals surface area (Å²) >= 11 is 0. The van der Waals surface area contributed by atoms with Gasteiger partial charge >= 0.3 is 0 Å². The quantitative estimate of drug-likeness (QED) is 0.0897. The first-order valence-corrected chi connectivity index (χ1v) is 46.7. The van der Waals surface area contributed by atoms with Gasteiger partial charge in [0.1, 0.15) is 0 Å². The second kappa shape index (κ2) is 32.1. The third-order valence-electron chi connectivity index (χ3n) is 25.1. The number of aromatic nitrogens is 2. The highest BCUT2D eigenvalue weighted by Crippen LogP contribution is 2.55. The predicted octanol–water partition coefficient (Wildman–Crippen LogP) is 32.6.